The highest BCUT2D eigenvalue weighted by Gasteiger charge is 2.21. The lowest BCUT2D eigenvalue weighted by Crippen LogP contribution is -2.42. The zero-order valence-corrected chi connectivity index (χ0v) is 19.1. The quantitative estimate of drug-likeness (QED) is 0.363. The van der Waals surface area contributed by atoms with Crippen LogP contribution in [-0.2, 0) is 24.3 Å². The second kappa shape index (κ2) is 11.2. The Hall–Kier alpha value is -2.54. The molecule has 0 heterocycles. The van der Waals surface area contributed by atoms with Gasteiger partial charge in [-0.1, -0.05) is 33.7 Å². The average Bonchev–Trinajstić information content (AvgIpc) is 2.72. The Labute approximate surface area is 187 Å². The van der Waals surface area contributed by atoms with Crippen LogP contribution in [-0.4, -0.2) is 45.1 Å². The third-order valence-electron chi connectivity index (χ3n) is 3.82. The summed E-state index contributed by atoms with van der Waals surface area (Å²) in [6, 6.07) is 11.6. The van der Waals surface area contributed by atoms with Crippen LogP contribution >= 0.6 is 21.6 Å². The average molecular weight is 484 g/mol. The van der Waals surface area contributed by atoms with Crippen molar-refractivity contribution in [3.05, 3.63) is 54.1 Å². The van der Waals surface area contributed by atoms with Gasteiger partial charge in [-0.25, -0.2) is 18.4 Å². The topological polar surface area (TPSA) is 145 Å². The number of carbonyl (C=O) groups excluding carboxylic acids is 3. The molecule has 1 unspecified atom stereocenters. The standard InChI is InChI=1S/C19H21N3O6S3/c1-12(23)21-16(19(25)28-2)11-29-30-17-6-4-3-5-15(17)18(24)22-13-7-9-14(10-8-13)31(20,26)27/h3-10,16H,11H2,1-2H3,(H,21,23)(H,22,24)(H2,20,26,27). The van der Waals surface area contributed by atoms with Crippen LogP contribution in [0.15, 0.2) is 58.3 Å². The number of hydrogen-bond donors (Lipinski definition) is 3. The molecule has 166 valence electrons. The van der Waals surface area contributed by atoms with Gasteiger partial charge in [0, 0.05) is 23.3 Å². The van der Waals surface area contributed by atoms with E-state index in [0.29, 0.717) is 16.1 Å². The van der Waals surface area contributed by atoms with Crippen molar-refractivity contribution in [2.45, 2.75) is 22.8 Å². The first kappa shape index (κ1) is 24.7. The SMILES string of the molecule is COC(=O)C(CSSc1ccccc1C(=O)Nc1ccc(S(N)(=O)=O)cc1)NC(C)=O. The first-order valence-electron chi connectivity index (χ1n) is 8.79. The van der Waals surface area contributed by atoms with Crippen LogP contribution in [0.2, 0.25) is 0 Å². The van der Waals surface area contributed by atoms with Gasteiger partial charge in [0.05, 0.1) is 17.6 Å². The number of hydrogen-bond acceptors (Lipinski definition) is 8. The number of amides is 2. The number of primary sulfonamides is 1. The Balaban J connectivity index is 2.06. The van der Waals surface area contributed by atoms with Gasteiger partial charge in [0.1, 0.15) is 6.04 Å². The molecule has 0 aromatic heterocycles. The first-order chi connectivity index (χ1) is 14.6. The predicted molar refractivity (Wildman–Crippen MR) is 120 cm³/mol. The maximum atomic E-state index is 12.7. The fourth-order valence-corrected chi connectivity index (χ4v) is 5.25. The summed E-state index contributed by atoms with van der Waals surface area (Å²) in [7, 11) is -0.0187. The molecule has 2 aromatic carbocycles. The summed E-state index contributed by atoms with van der Waals surface area (Å²) >= 11 is 0. The van der Waals surface area contributed by atoms with E-state index < -0.39 is 27.9 Å². The number of ether oxygens (including phenoxy) is 1. The molecular weight excluding hydrogens is 462 g/mol. The smallest absolute Gasteiger partial charge is 0.329 e. The summed E-state index contributed by atoms with van der Waals surface area (Å²) in [6.07, 6.45) is 0. The van der Waals surface area contributed by atoms with E-state index in [1.54, 1.807) is 24.3 Å². The molecule has 0 saturated carbocycles. The van der Waals surface area contributed by atoms with Gasteiger partial charge in [0.25, 0.3) is 5.91 Å². The van der Waals surface area contributed by atoms with Gasteiger partial charge < -0.3 is 15.4 Å². The minimum Gasteiger partial charge on any atom is -0.467 e. The van der Waals surface area contributed by atoms with Gasteiger partial charge >= 0.3 is 5.97 Å². The summed E-state index contributed by atoms with van der Waals surface area (Å²) in [6.45, 7) is 1.31. The number of benzene rings is 2. The fraction of sp³-hybridized carbons (Fsp3) is 0.211. The van der Waals surface area contributed by atoms with E-state index in [1.165, 1.54) is 59.9 Å². The van der Waals surface area contributed by atoms with E-state index in [0.717, 1.165) is 0 Å². The number of nitrogens with one attached hydrogen (secondary N) is 2. The fourth-order valence-electron chi connectivity index (χ4n) is 2.38. The molecule has 2 aromatic rings. The van der Waals surface area contributed by atoms with Gasteiger partial charge in [-0.3, -0.25) is 9.59 Å². The maximum Gasteiger partial charge on any atom is 0.329 e. The van der Waals surface area contributed by atoms with Crippen LogP contribution in [0.25, 0.3) is 0 Å². The molecule has 0 aliphatic rings. The highest BCUT2D eigenvalue weighted by atomic mass is 33.1. The first-order valence-corrected chi connectivity index (χ1v) is 12.7. The van der Waals surface area contributed by atoms with Crippen molar-refractivity contribution in [3.63, 3.8) is 0 Å². The summed E-state index contributed by atoms with van der Waals surface area (Å²) < 4.78 is 27.4. The van der Waals surface area contributed by atoms with Crippen LogP contribution in [0.3, 0.4) is 0 Å². The van der Waals surface area contributed by atoms with Gasteiger partial charge in [-0.2, -0.15) is 0 Å². The van der Waals surface area contributed by atoms with E-state index in [-0.39, 0.29) is 16.6 Å². The molecule has 0 saturated heterocycles. The van der Waals surface area contributed by atoms with E-state index >= 15 is 0 Å². The summed E-state index contributed by atoms with van der Waals surface area (Å²) in [5.74, 6) is -1.06. The Morgan fingerprint density at radius 1 is 1.10 bits per heavy atom. The Bertz CT molecular complexity index is 1060. The normalized spacial score (nSPS) is 12.0. The molecule has 0 fully saturated rings. The highest BCUT2D eigenvalue weighted by Crippen LogP contribution is 2.34. The van der Waals surface area contributed by atoms with Crippen molar-refractivity contribution in [1.29, 1.82) is 0 Å². The third-order valence-corrected chi connectivity index (χ3v) is 7.17. The van der Waals surface area contributed by atoms with Gasteiger partial charge in [-0.05, 0) is 36.4 Å². The van der Waals surface area contributed by atoms with E-state index in [4.69, 9.17) is 5.14 Å². The third kappa shape index (κ3) is 7.58. The van der Waals surface area contributed by atoms with Crippen LogP contribution < -0.4 is 15.8 Å². The molecule has 0 radical (unpaired) electrons. The number of methoxy groups -OCH3 is 1. The van der Waals surface area contributed by atoms with Crippen molar-refractivity contribution >= 4 is 55.1 Å². The van der Waals surface area contributed by atoms with Crippen molar-refractivity contribution in [2.75, 3.05) is 18.2 Å². The van der Waals surface area contributed by atoms with Crippen molar-refractivity contribution in [2.24, 2.45) is 5.14 Å². The monoisotopic (exact) mass is 483 g/mol. The zero-order valence-electron chi connectivity index (χ0n) is 16.7. The van der Waals surface area contributed by atoms with Crippen molar-refractivity contribution in [3.8, 4) is 0 Å². The van der Waals surface area contributed by atoms with E-state index in [1.807, 2.05) is 0 Å². The van der Waals surface area contributed by atoms with E-state index in [9.17, 15) is 22.8 Å². The molecule has 9 nitrogen and oxygen atoms in total. The van der Waals surface area contributed by atoms with Crippen LogP contribution in [0.5, 0.6) is 0 Å². The highest BCUT2D eigenvalue weighted by molar-refractivity contribution is 8.76. The second-order valence-corrected chi connectivity index (χ2v) is 10.1. The Kier molecular flexibility index (Phi) is 8.92. The lowest BCUT2D eigenvalue weighted by atomic mass is 10.2. The number of carbonyl (C=O) groups is 3. The number of sulfonamides is 1. The van der Waals surface area contributed by atoms with Gasteiger partial charge in [0.2, 0.25) is 15.9 Å². The summed E-state index contributed by atoms with van der Waals surface area (Å²) in [5, 5.41) is 10.3. The largest absolute Gasteiger partial charge is 0.467 e. The lowest BCUT2D eigenvalue weighted by molar-refractivity contribution is -0.144. The van der Waals surface area contributed by atoms with Gasteiger partial charge in [-0.15, -0.1) is 0 Å². The lowest BCUT2D eigenvalue weighted by Gasteiger charge is -2.15. The minimum atomic E-state index is -3.82. The maximum absolute atomic E-state index is 12.7. The number of anilines is 1. The van der Waals surface area contributed by atoms with Crippen LogP contribution in [0.1, 0.15) is 17.3 Å². The predicted octanol–water partition coefficient (Wildman–Crippen LogP) is 2.00. The molecule has 0 aliphatic carbocycles. The van der Waals surface area contributed by atoms with Crippen molar-refractivity contribution < 1.29 is 27.5 Å². The molecule has 0 spiro atoms. The second-order valence-electron chi connectivity index (χ2n) is 6.16. The molecule has 1 atom stereocenters. The molecule has 4 N–H and O–H groups in total. The molecular formula is C19H21N3O6S3. The molecule has 2 rings (SSSR count). The number of rotatable bonds is 9. The van der Waals surface area contributed by atoms with Crippen LogP contribution in [0, 0.1) is 0 Å². The van der Waals surface area contributed by atoms with Crippen LogP contribution in [0.4, 0.5) is 5.69 Å². The molecule has 2 amide bonds. The summed E-state index contributed by atoms with van der Waals surface area (Å²) in [5.41, 5.74) is 0.797. The molecule has 0 aliphatic heterocycles. The Morgan fingerprint density at radius 2 is 1.74 bits per heavy atom. The molecule has 12 heteroatoms. The van der Waals surface area contributed by atoms with Crippen molar-refractivity contribution in [1.82, 2.24) is 5.32 Å². The summed E-state index contributed by atoms with van der Waals surface area (Å²) in [4.78, 5) is 36.4. The zero-order chi connectivity index (χ0) is 23.0. The van der Waals surface area contributed by atoms with E-state index in [2.05, 4.69) is 15.4 Å². The minimum absolute atomic E-state index is 0.0582. The number of esters is 1. The molecule has 0 bridgehead atoms. The molecule has 31 heavy (non-hydrogen) atoms. The number of nitrogens with two attached hydrogens (primary N) is 1. The Morgan fingerprint density at radius 3 is 2.32 bits per heavy atom. The van der Waals surface area contributed by atoms with Gasteiger partial charge in [0.15, 0.2) is 0 Å².